The average Bonchev–Trinajstić information content (AvgIpc) is 3.06. The normalized spacial score (nSPS) is 11.9. The molecule has 5 nitrogen and oxygen atoms in total. The molecule has 110 valence electrons. The van der Waals surface area contributed by atoms with Crippen LogP contribution in [-0.2, 0) is 13.1 Å². The molecule has 2 aromatic heterocycles. The predicted molar refractivity (Wildman–Crippen MR) is 79.8 cm³/mol. The minimum atomic E-state index is 0.264. The predicted octanol–water partition coefficient (Wildman–Crippen LogP) is 3.57. The molecule has 3 aromatic rings. The number of hydrogen-bond donors (Lipinski definition) is 0. The fourth-order valence-corrected chi connectivity index (χ4v) is 2.29. The Morgan fingerprint density at radius 2 is 2.05 bits per heavy atom. The lowest BCUT2D eigenvalue weighted by Crippen LogP contribution is -2.18. The Kier molecular flexibility index (Phi) is 3.75. The maximum Gasteiger partial charge on any atom is 0.229 e. The molecule has 0 unspecified atom stereocenters. The lowest BCUT2D eigenvalue weighted by Gasteiger charge is -2.14. The lowest BCUT2D eigenvalue weighted by molar-refractivity contribution is 0.299. The van der Waals surface area contributed by atoms with Crippen LogP contribution < -0.4 is 0 Å². The van der Waals surface area contributed by atoms with Crippen molar-refractivity contribution in [1.29, 1.82) is 0 Å². The highest BCUT2D eigenvalue weighted by Gasteiger charge is 2.12. The summed E-state index contributed by atoms with van der Waals surface area (Å²) >= 11 is 0. The summed E-state index contributed by atoms with van der Waals surface area (Å²) in [6, 6.07) is 8.21. The average molecular weight is 285 g/mol. The highest BCUT2D eigenvalue weighted by Crippen LogP contribution is 2.18. The molecule has 21 heavy (non-hydrogen) atoms. The van der Waals surface area contributed by atoms with E-state index >= 15 is 0 Å². The van der Waals surface area contributed by atoms with Gasteiger partial charge in [0.05, 0.1) is 12.8 Å². The van der Waals surface area contributed by atoms with E-state index in [0.29, 0.717) is 12.4 Å². The van der Waals surface area contributed by atoms with Gasteiger partial charge in [-0.05, 0) is 30.8 Å². The molecule has 0 radical (unpaired) electrons. The van der Waals surface area contributed by atoms with Gasteiger partial charge in [0.25, 0.3) is 0 Å². The van der Waals surface area contributed by atoms with Crippen LogP contribution >= 0.6 is 0 Å². The van der Waals surface area contributed by atoms with Crippen LogP contribution in [-0.4, -0.2) is 22.1 Å². The zero-order chi connectivity index (χ0) is 14.8. The van der Waals surface area contributed by atoms with Crippen LogP contribution in [0.25, 0.3) is 11.0 Å². The van der Waals surface area contributed by atoms with E-state index in [-0.39, 0.29) is 5.92 Å². The van der Waals surface area contributed by atoms with E-state index in [2.05, 4.69) is 27.2 Å². The minimum absolute atomic E-state index is 0.264. The molecule has 0 saturated heterocycles. The lowest BCUT2D eigenvalue weighted by atomic mass is 10.1. The fraction of sp³-hybridized carbons (Fsp3) is 0.375. The summed E-state index contributed by atoms with van der Waals surface area (Å²) in [4.78, 5) is 6.56. The van der Waals surface area contributed by atoms with Crippen LogP contribution in [0.2, 0.25) is 0 Å². The smallest absolute Gasteiger partial charge is 0.229 e. The second-order valence-electron chi connectivity index (χ2n) is 5.67. The van der Waals surface area contributed by atoms with Crippen molar-refractivity contribution in [2.24, 2.45) is 0 Å². The summed E-state index contributed by atoms with van der Waals surface area (Å²) < 4.78 is 10.6. The van der Waals surface area contributed by atoms with Gasteiger partial charge in [0.2, 0.25) is 5.89 Å². The Hall–Kier alpha value is -2.14. The third-order valence-corrected chi connectivity index (χ3v) is 3.36. The van der Waals surface area contributed by atoms with Gasteiger partial charge in [-0.15, -0.1) is 0 Å². The topological polar surface area (TPSA) is 55.3 Å². The minimum Gasteiger partial charge on any atom is -0.464 e. The van der Waals surface area contributed by atoms with Gasteiger partial charge in [-0.25, -0.2) is 0 Å². The summed E-state index contributed by atoms with van der Waals surface area (Å²) in [5.74, 6) is 1.68. The van der Waals surface area contributed by atoms with Crippen molar-refractivity contribution in [3.63, 3.8) is 0 Å². The van der Waals surface area contributed by atoms with E-state index in [0.717, 1.165) is 23.3 Å². The number of nitrogens with zero attached hydrogens (tertiary/aromatic N) is 3. The number of hydrogen-bond acceptors (Lipinski definition) is 5. The SMILES string of the molecule is CC(C)c1nc(CN(C)Cc2ccc3occc3c2)no1. The van der Waals surface area contributed by atoms with Gasteiger partial charge in [0.1, 0.15) is 5.58 Å². The number of rotatable bonds is 5. The summed E-state index contributed by atoms with van der Waals surface area (Å²) in [5, 5.41) is 5.15. The van der Waals surface area contributed by atoms with E-state index in [9.17, 15) is 0 Å². The summed E-state index contributed by atoms with van der Waals surface area (Å²) in [7, 11) is 2.05. The first kappa shape index (κ1) is 13.8. The zero-order valence-electron chi connectivity index (χ0n) is 12.5. The van der Waals surface area contributed by atoms with Gasteiger partial charge >= 0.3 is 0 Å². The van der Waals surface area contributed by atoms with E-state index in [4.69, 9.17) is 8.94 Å². The highest BCUT2D eigenvalue weighted by atomic mass is 16.5. The molecular formula is C16H19N3O2. The van der Waals surface area contributed by atoms with Gasteiger partial charge in [0.15, 0.2) is 5.82 Å². The largest absolute Gasteiger partial charge is 0.464 e. The molecule has 0 aliphatic carbocycles. The second-order valence-corrected chi connectivity index (χ2v) is 5.67. The maximum atomic E-state index is 5.35. The van der Waals surface area contributed by atoms with Crippen LogP contribution in [0.1, 0.15) is 37.0 Å². The Labute approximate surface area is 123 Å². The third kappa shape index (κ3) is 3.13. The molecule has 0 aliphatic heterocycles. The van der Waals surface area contributed by atoms with Crippen molar-refractivity contribution >= 4 is 11.0 Å². The van der Waals surface area contributed by atoms with E-state index in [1.54, 1.807) is 6.26 Å². The third-order valence-electron chi connectivity index (χ3n) is 3.36. The van der Waals surface area contributed by atoms with Crippen molar-refractivity contribution < 1.29 is 8.94 Å². The quantitative estimate of drug-likeness (QED) is 0.717. The molecule has 5 heteroatoms. The van der Waals surface area contributed by atoms with Crippen LogP contribution in [0.15, 0.2) is 39.5 Å². The molecule has 0 spiro atoms. The molecule has 0 N–H and O–H groups in total. The number of furan rings is 1. The number of benzene rings is 1. The van der Waals surface area contributed by atoms with Crippen molar-refractivity contribution in [3.8, 4) is 0 Å². The van der Waals surface area contributed by atoms with Gasteiger partial charge in [-0.1, -0.05) is 25.1 Å². The van der Waals surface area contributed by atoms with Gasteiger partial charge in [-0.2, -0.15) is 4.98 Å². The Morgan fingerprint density at radius 3 is 2.81 bits per heavy atom. The maximum absolute atomic E-state index is 5.35. The number of aromatic nitrogens is 2. The molecule has 0 bridgehead atoms. The standard InChI is InChI=1S/C16H19N3O2/c1-11(2)16-17-15(18-21-16)10-19(3)9-12-4-5-14-13(8-12)6-7-20-14/h4-8,11H,9-10H2,1-3H3. The van der Waals surface area contributed by atoms with Crippen molar-refractivity contribution in [2.75, 3.05) is 7.05 Å². The van der Waals surface area contributed by atoms with Crippen molar-refractivity contribution in [2.45, 2.75) is 32.9 Å². The molecule has 0 atom stereocenters. The first-order chi connectivity index (χ1) is 10.1. The van der Waals surface area contributed by atoms with Crippen LogP contribution in [0.3, 0.4) is 0 Å². The molecule has 3 rings (SSSR count). The summed E-state index contributed by atoms with van der Waals surface area (Å²) in [6.45, 7) is 5.58. The van der Waals surface area contributed by atoms with Gasteiger partial charge in [-0.3, -0.25) is 4.90 Å². The Balaban J connectivity index is 1.66. The molecule has 0 fully saturated rings. The van der Waals surface area contributed by atoms with Crippen molar-refractivity contribution in [1.82, 2.24) is 15.0 Å². The van der Waals surface area contributed by atoms with Gasteiger partial charge < -0.3 is 8.94 Å². The fourth-order valence-electron chi connectivity index (χ4n) is 2.29. The first-order valence-corrected chi connectivity index (χ1v) is 7.09. The zero-order valence-corrected chi connectivity index (χ0v) is 12.5. The Bertz CT molecular complexity index is 730. The van der Waals surface area contributed by atoms with Gasteiger partial charge in [0, 0.05) is 17.8 Å². The summed E-state index contributed by atoms with van der Waals surface area (Å²) in [5.41, 5.74) is 2.15. The van der Waals surface area contributed by atoms with E-state index in [1.807, 2.05) is 33.0 Å². The molecular weight excluding hydrogens is 266 g/mol. The Morgan fingerprint density at radius 1 is 1.19 bits per heavy atom. The van der Waals surface area contributed by atoms with Crippen molar-refractivity contribution in [3.05, 3.63) is 47.8 Å². The van der Waals surface area contributed by atoms with Crippen LogP contribution in [0.5, 0.6) is 0 Å². The number of fused-ring (bicyclic) bond motifs is 1. The highest BCUT2D eigenvalue weighted by molar-refractivity contribution is 5.77. The first-order valence-electron chi connectivity index (χ1n) is 7.09. The van der Waals surface area contributed by atoms with Crippen LogP contribution in [0.4, 0.5) is 0 Å². The molecule has 0 aliphatic rings. The molecule has 0 amide bonds. The van der Waals surface area contributed by atoms with Crippen LogP contribution in [0, 0.1) is 0 Å². The monoisotopic (exact) mass is 285 g/mol. The second kappa shape index (κ2) is 5.69. The molecule has 1 aromatic carbocycles. The molecule has 0 saturated carbocycles. The molecule has 2 heterocycles. The van der Waals surface area contributed by atoms with E-state index < -0.39 is 0 Å². The summed E-state index contributed by atoms with van der Waals surface area (Å²) in [6.07, 6.45) is 1.71. The van der Waals surface area contributed by atoms with E-state index in [1.165, 1.54) is 5.56 Å².